The van der Waals surface area contributed by atoms with Crippen LogP contribution in [0, 0.1) is 5.82 Å². The van der Waals surface area contributed by atoms with E-state index in [1.165, 1.54) is 25.3 Å². The van der Waals surface area contributed by atoms with E-state index in [0.717, 1.165) is 11.3 Å². The van der Waals surface area contributed by atoms with Gasteiger partial charge in [-0.25, -0.2) is 4.39 Å². The smallest absolute Gasteiger partial charge is 0.251 e. The number of nitrogens with one attached hydrogen (secondary N) is 1. The Morgan fingerprint density at radius 3 is 2.41 bits per heavy atom. The van der Waals surface area contributed by atoms with E-state index in [1.807, 2.05) is 24.3 Å². The molecule has 0 aliphatic carbocycles. The van der Waals surface area contributed by atoms with Crippen molar-refractivity contribution >= 4 is 5.91 Å². The summed E-state index contributed by atoms with van der Waals surface area (Å²) in [5, 5.41) is 2.76. The van der Waals surface area contributed by atoms with Crippen LogP contribution >= 0.6 is 0 Å². The molecule has 0 aliphatic rings. The summed E-state index contributed by atoms with van der Waals surface area (Å²) in [5.41, 5.74) is 1.36. The molecule has 0 aromatic heterocycles. The lowest BCUT2D eigenvalue weighted by molar-refractivity contribution is 0.0953. The van der Waals surface area contributed by atoms with Crippen LogP contribution in [0.4, 0.5) is 4.39 Å². The molecule has 1 amide bonds. The first-order valence-corrected chi connectivity index (χ1v) is 6.88. The van der Waals surface area contributed by atoms with Crippen LogP contribution in [-0.4, -0.2) is 26.7 Å². The molecule has 2 aromatic rings. The second-order valence-corrected chi connectivity index (χ2v) is 4.70. The van der Waals surface area contributed by atoms with E-state index in [0.29, 0.717) is 13.0 Å². The Morgan fingerprint density at radius 1 is 1.09 bits per heavy atom. The lowest BCUT2D eigenvalue weighted by Crippen LogP contribution is -2.25. The van der Waals surface area contributed by atoms with E-state index >= 15 is 0 Å². The number of ether oxygens (including phenoxy) is 2. The van der Waals surface area contributed by atoms with Crippen molar-refractivity contribution in [2.45, 2.75) is 6.42 Å². The maximum atomic E-state index is 13.6. The van der Waals surface area contributed by atoms with Crippen molar-refractivity contribution in [1.82, 2.24) is 5.32 Å². The molecule has 2 rings (SSSR count). The van der Waals surface area contributed by atoms with Gasteiger partial charge in [0.1, 0.15) is 5.75 Å². The van der Waals surface area contributed by atoms with E-state index in [-0.39, 0.29) is 17.2 Å². The molecule has 22 heavy (non-hydrogen) atoms. The van der Waals surface area contributed by atoms with Gasteiger partial charge in [0.25, 0.3) is 5.91 Å². The molecule has 0 saturated carbocycles. The van der Waals surface area contributed by atoms with Crippen LogP contribution in [-0.2, 0) is 6.42 Å². The topological polar surface area (TPSA) is 47.6 Å². The van der Waals surface area contributed by atoms with E-state index < -0.39 is 5.82 Å². The van der Waals surface area contributed by atoms with Gasteiger partial charge in [0.05, 0.1) is 14.2 Å². The highest BCUT2D eigenvalue weighted by molar-refractivity contribution is 5.94. The Hall–Kier alpha value is -2.56. The zero-order valence-corrected chi connectivity index (χ0v) is 12.6. The van der Waals surface area contributed by atoms with Crippen LogP contribution in [0.15, 0.2) is 42.5 Å². The van der Waals surface area contributed by atoms with Crippen LogP contribution in [0.25, 0.3) is 0 Å². The van der Waals surface area contributed by atoms with Gasteiger partial charge in [-0.1, -0.05) is 12.1 Å². The highest BCUT2D eigenvalue weighted by atomic mass is 19.1. The fourth-order valence-corrected chi connectivity index (χ4v) is 2.02. The molecule has 0 radical (unpaired) electrons. The summed E-state index contributed by atoms with van der Waals surface area (Å²) in [6.45, 7) is 0.471. The fraction of sp³-hybridized carbons (Fsp3) is 0.235. The zero-order chi connectivity index (χ0) is 15.9. The third-order valence-corrected chi connectivity index (χ3v) is 3.27. The van der Waals surface area contributed by atoms with Crippen molar-refractivity contribution in [3.63, 3.8) is 0 Å². The normalized spacial score (nSPS) is 10.1. The molecule has 4 nitrogen and oxygen atoms in total. The average Bonchev–Trinajstić information content (AvgIpc) is 2.55. The molecule has 0 saturated heterocycles. The van der Waals surface area contributed by atoms with Gasteiger partial charge in [-0.3, -0.25) is 4.79 Å². The Bertz CT molecular complexity index is 641. The largest absolute Gasteiger partial charge is 0.497 e. The molecule has 2 aromatic carbocycles. The Morgan fingerprint density at radius 2 is 1.82 bits per heavy atom. The second kappa shape index (κ2) is 7.45. The van der Waals surface area contributed by atoms with E-state index in [9.17, 15) is 9.18 Å². The zero-order valence-electron chi connectivity index (χ0n) is 12.6. The number of carbonyl (C=O) groups is 1. The highest BCUT2D eigenvalue weighted by Gasteiger charge is 2.09. The van der Waals surface area contributed by atoms with Gasteiger partial charge in [-0.15, -0.1) is 0 Å². The number of rotatable bonds is 6. The van der Waals surface area contributed by atoms with Gasteiger partial charge in [0.15, 0.2) is 11.6 Å². The molecular formula is C17H18FNO3. The fourth-order valence-electron chi connectivity index (χ4n) is 2.02. The minimum atomic E-state index is -0.551. The summed E-state index contributed by atoms with van der Waals surface area (Å²) in [5.74, 6) is 0.0524. The maximum absolute atomic E-state index is 13.6. The van der Waals surface area contributed by atoms with Gasteiger partial charge in [-0.2, -0.15) is 0 Å². The number of hydrogen-bond donors (Lipinski definition) is 1. The SMILES string of the molecule is COc1ccc(CCNC(=O)c2ccc(OC)c(F)c2)cc1. The predicted octanol–water partition coefficient (Wildman–Crippen LogP) is 2.82. The van der Waals surface area contributed by atoms with Crippen molar-refractivity contribution in [2.75, 3.05) is 20.8 Å². The van der Waals surface area contributed by atoms with Crippen molar-refractivity contribution in [3.8, 4) is 11.5 Å². The lowest BCUT2D eigenvalue weighted by atomic mass is 10.1. The van der Waals surface area contributed by atoms with Crippen molar-refractivity contribution in [3.05, 3.63) is 59.4 Å². The van der Waals surface area contributed by atoms with E-state index in [4.69, 9.17) is 9.47 Å². The molecule has 0 bridgehead atoms. The first-order valence-electron chi connectivity index (χ1n) is 6.88. The van der Waals surface area contributed by atoms with Crippen molar-refractivity contribution < 1.29 is 18.7 Å². The third-order valence-electron chi connectivity index (χ3n) is 3.27. The first-order chi connectivity index (χ1) is 10.6. The van der Waals surface area contributed by atoms with Crippen molar-refractivity contribution in [2.24, 2.45) is 0 Å². The number of amides is 1. The van der Waals surface area contributed by atoms with Gasteiger partial charge >= 0.3 is 0 Å². The van der Waals surface area contributed by atoms with Crippen molar-refractivity contribution in [1.29, 1.82) is 0 Å². The summed E-state index contributed by atoms with van der Waals surface area (Å²) in [4.78, 5) is 11.9. The lowest BCUT2D eigenvalue weighted by Gasteiger charge is -2.07. The number of benzene rings is 2. The average molecular weight is 303 g/mol. The van der Waals surface area contributed by atoms with Gasteiger partial charge in [0.2, 0.25) is 0 Å². The molecule has 0 fully saturated rings. The van der Waals surface area contributed by atoms with Gasteiger partial charge < -0.3 is 14.8 Å². The molecule has 1 N–H and O–H groups in total. The monoisotopic (exact) mass is 303 g/mol. The molecule has 0 heterocycles. The van der Waals surface area contributed by atoms with Crippen LogP contribution in [0.1, 0.15) is 15.9 Å². The minimum Gasteiger partial charge on any atom is -0.497 e. The van der Waals surface area contributed by atoms with Crippen LogP contribution < -0.4 is 14.8 Å². The second-order valence-electron chi connectivity index (χ2n) is 4.70. The molecule has 0 unspecified atom stereocenters. The number of carbonyl (C=O) groups excluding carboxylic acids is 1. The summed E-state index contributed by atoms with van der Waals surface area (Å²) >= 11 is 0. The standard InChI is InChI=1S/C17H18FNO3/c1-21-14-6-3-12(4-7-14)9-10-19-17(20)13-5-8-16(22-2)15(18)11-13/h3-8,11H,9-10H2,1-2H3,(H,19,20). The van der Waals surface area contributed by atoms with Gasteiger partial charge in [-0.05, 0) is 42.3 Å². The number of methoxy groups -OCH3 is 2. The summed E-state index contributed by atoms with van der Waals surface area (Å²) < 4.78 is 23.5. The summed E-state index contributed by atoms with van der Waals surface area (Å²) in [6, 6.07) is 11.8. The Labute approximate surface area is 128 Å². The maximum Gasteiger partial charge on any atom is 0.251 e. The number of hydrogen-bond acceptors (Lipinski definition) is 3. The van der Waals surface area contributed by atoms with E-state index in [2.05, 4.69) is 5.32 Å². The molecule has 5 heteroatoms. The molecule has 0 spiro atoms. The molecule has 0 atom stereocenters. The van der Waals surface area contributed by atoms with Crippen LogP contribution in [0.3, 0.4) is 0 Å². The molecule has 116 valence electrons. The molecule has 0 aliphatic heterocycles. The van der Waals surface area contributed by atoms with Crippen LogP contribution in [0.5, 0.6) is 11.5 Å². The van der Waals surface area contributed by atoms with Gasteiger partial charge in [0, 0.05) is 12.1 Å². The minimum absolute atomic E-state index is 0.120. The predicted molar refractivity (Wildman–Crippen MR) is 82.0 cm³/mol. The quantitative estimate of drug-likeness (QED) is 0.892. The van der Waals surface area contributed by atoms with E-state index in [1.54, 1.807) is 7.11 Å². The van der Waals surface area contributed by atoms with Crippen LogP contribution in [0.2, 0.25) is 0 Å². The molecular weight excluding hydrogens is 285 g/mol. The third kappa shape index (κ3) is 3.97. The highest BCUT2D eigenvalue weighted by Crippen LogP contribution is 2.17. The Kier molecular flexibility index (Phi) is 5.36. The summed E-state index contributed by atoms with van der Waals surface area (Å²) in [7, 11) is 3.00. The number of halogens is 1. The Balaban J connectivity index is 1.88. The first kappa shape index (κ1) is 15.8. The summed E-state index contributed by atoms with van der Waals surface area (Å²) in [6.07, 6.45) is 0.689.